The van der Waals surface area contributed by atoms with Crippen LogP contribution in [-0.2, 0) is 4.79 Å². The van der Waals surface area contributed by atoms with Gasteiger partial charge in [-0.25, -0.2) is 0 Å². The molecular formula is C9H6N2O2. The maximum Gasteiger partial charge on any atom is 0.188 e. The lowest BCUT2D eigenvalue weighted by Crippen LogP contribution is -2.02. The summed E-state index contributed by atoms with van der Waals surface area (Å²) in [5.41, 5.74) is 0.524. The number of aldehydes is 1. The van der Waals surface area contributed by atoms with Crippen LogP contribution in [0.3, 0.4) is 0 Å². The first-order chi connectivity index (χ1) is 6.27. The summed E-state index contributed by atoms with van der Waals surface area (Å²) in [5, 5.41) is 8.52. The van der Waals surface area contributed by atoms with Gasteiger partial charge in [0.2, 0.25) is 0 Å². The Hall–Kier alpha value is -2.02. The number of aromatic nitrogens is 1. The predicted octanol–water partition coefficient (Wildman–Crippen LogP) is 0.725. The van der Waals surface area contributed by atoms with Crippen LogP contribution >= 0.6 is 0 Å². The van der Waals surface area contributed by atoms with Crippen molar-refractivity contribution < 1.29 is 9.59 Å². The Morgan fingerprint density at radius 2 is 2.46 bits per heavy atom. The highest BCUT2D eigenvalue weighted by Gasteiger charge is 2.06. The summed E-state index contributed by atoms with van der Waals surface area (Å²) in [4.78, 5) is 24.9. The van der Waals surface area contributed by atoms with Crippen molar-refractivity contribution in [3.8, 4) is 6.07 Å². The van der Waals surface area contributed by atoms with Crippen molar-refractivity contribution in [3.63, 3.8) is 0 Å². The molecule has 0 saturated carbocycles. The van der Waals surface area contributed by atoms with Gasteiger partial charge < -0.3 is 4.79 Å². The van der Waals surface area contributed by atoms with Gasteiger partial charge >= 0.3 is 0 Å². The van der Waals surface area contributed by atoms with Crippen LogP contribution in [0.2, 0.25) is 0 Å². The molecule has 4 nitrogen and oxygen atoms in total. The lowest BCUT2D eigenvalue weighted by Gasteiger charge is -1.94. The van der Waals surface area contributed by atoms with Crippen molar-refractivity contribution in [1.82, 2.24) is 4.98 Å². The third kappa shape index (κ3) is 2.20. The van der Waals surface area contributed by atoms with E-state index in [-0.39, 0.29) is 17.9 Å². The Morgan fingerprint density at radius 3 is 3.08 bits per heavy atom. The number of carbonyl (C=O) groups is 2. The first-order valence-electron chi connectivity index (χ1n) is 3.61. The molecule has 4 heteroatoms. The molecule has 0 aromatic carbocycles. The van der Waals surface area contributed by atoms with E-state index in [1.165, 1.54) is 18.3 Å². The van der Waals surface area contributed by atoms with Crippen LogP contribution in [0.4, 0.5) is 0 Å². The van der Waals surface area contributed by atoms with Crippen LogP contribution in [0.1, 0.15) is 22.5 Å². The van der Waals surface area contributed by atoms with Gasteiger partial charge in [-0.3, -0.25) is 9.78 Å². The number of hydrogen-bond donors (Lipinski definition) is 0. The third-order valence-corrected chi connectivity index (χ3v) is 1.44. The number of nitrogens with zero attached hydrogens (tertiary/aromatic N) is 2. The minimum atomic E-state index is -0.368. The standard InChI is InChI=1S/C9H6N2O2/c10-6-7-1-3-11-8(5-7)9(13)2-4-12/h1,3-5H,2H2. The number of Topliss-reactive ketones (excluding diaryl/α,β-unsaturated/α-hetero) is 1. The highest BCUT2D eigenvalue weighted by molar-refractivity contribution is 6.01. The number of ketones is 1. The van der Waals surface area contributed by atoms with Crippen LogP contribution in [-0.4, -0.2) is 17.1 Å². The van der Waals surface area contributed by atoms with E-state index in [0.29, 0.717) is 11.8 Å². The lowest BCUT2D eigenvalue weighted by molar-refractivity contribution is -0.107. The van der Waals surface area contributed by atoms with E-state index in [9.17, 15) is 9.59 Å². The molecule has 0 N–H and O–H groups in total. The summed E-state index contributed by atoms with van der Waals surface area (Å²) in [6, 6.07) is 4.75. The molecule has 0 aliphatic rings. The van der Waals surface area contributed by atoms with Crippen molar-refractivity contribution in [1.29, 1.82) is 5.26 Å². The fourth-order valence-electron chi connectivity index (χ4n) is 0.833. The summed E-state index contributed by atoms with van der Waals surface area (Å²) in [5.74, 6) is -0.368. The number of carbonyl (C=O) groups excluding carboxylic acids is 2. The van der Waals surface area contributed by atoms with E-state index >= 15 is 0 Å². The predicted molar refractivity (Wildman–Crippen MR) is 44.0 cm³/mol. The van der Waals surface area contributed by atoms with Gasteiger partial charge in [0.25, 0.3) is 0 Å². The van der Waals surface area contributed by atoms with Gasteiger partial charge in [0, 0.05) is 6.20 Å². The minimum absolute atomic E-state index is 0.158. The first-order valence-corrected chi connectivity index (χ1v) is 3.61. The molecule has 0 atom stereocenters. The highest BCUT2D eigenvalue weighted by atomic mass is 16.1. The zero-order chi connectivity index (χ0) is 9.68. The molecule has 0 saturated heterocycles. The molecular weight excluding hydrogens is 168 g/mol. The smallest absolute Gasteiger partial charge is 0.188 e. The average molecular weight is 174 g/mol. The monoisotopic (exact) mass is 174 g/mol. The topological polar surface area (TPSA) is 70.8 Å². The quantitative estimate of drug-likeness (QED) is 0.384. The number of nitriles is 1. The summed E-state index contributed by atoms with van der Waals surface area (Å²) in [6.45, 7) is 0. The highest BCUT2D eigenvalue weighted by Crippen LogP contribution is 2.02. The first kappa shape index (κ1) is 9.07. The van der Waals surface area contributed by atoms with Crippen molar-refractivity contribution in [3.05, 3.63) is 29.6 Å². The van der Waals surface area contributed by atoms with Crippen LogP contribution in [0.15, 0.2) is 18.3 Å². The molecule has 0 bridgehead atoms. The van der Waals surface area contributed by atoms with Crippen LogP contribution in [0.25, 0.3) is 0 Å². The Morgan fingerprint density at radius 1 is 1.69 bits per heavy atom. The molecule has 0 unspecified atom stereocenters. The summed E-state index contributed by atoms with van der Waals surface area (Å²) in [6.07, 6.45) is 1.70. The molecule has 0 aliphatic carbocycles. The van der Waals surface area contributed by atoms with Crippen LogP contribution < -0.4 is 0 Å². The van der Waals surface area contributed by atoms with Gasteiger partial charge in [0.15, 0.2) is 5.78 Å². The zero-order valence-electron chi connectivity index (χ0n) is 6.73. The molecule has 0 fully saturated rings. The summed E-state index contributed by atoms with van der Waals surface area (Å²) < 4.78 is 0. The Kier molecular flexibility index (Phi) is 2.87. The Labute approximate surface area is 74.8 Å². The second-order valence-corrected chi connectivity index (χ2v) is 2.34. The van der Waals surface area contributed by atoms with Crippen molar-refractivity contribution in [2.24, 2.45) is 0 Å². The van der Waals surface area contributed by atoms with Crippen LogP contribution in [0.5, 0.6) is 0 Å². The van der Waals surface area contributed by atoms with Gasteiger partial charge in [-0.1, -0.05) is 0 Å². The molecule has 1 aromatic rings. The normalized spacial score (nSPS) is 8.85. The van der Waals surface area contributed by atoms with Gasteiger partial charge in [-0.2, -0.15) is 5.26 Å². The van der Waals surface area contributed by atoms with E-state index in [2.05, 4.69) is 4.98 Å². The van der Waals surface area contributed by atoms with Gasteiger partial charge in [-0.15, -0.1) is 0 Å². The molecule has 1 rings (SSSR count). The number of pyridine rings is 1. The van der Waals surface area contributed by atoms with Gasteiger partial charge in [-0.05, 0) is 12.1 Å². The largest absolute Gasteiger partial charge is 0.303 e. The maximum atomic E-state index is 11.1. The second kappa shape index (κ2) is 4.12. The van der Waals surface area contributed by atoms with Crippen molar-refractivity contribution >= 4 is 12.1 Å². The molecule has 0 amide bonds. The van der Waals surface area contributed by atoms with Crippen molar-refractivity contribution in [2.75, 3.05) is 0 Å². The molecule has 1 aromatic heterocycles. The fraction of sp³-hybridized carbons (Fsp3) is 0.111. The number of rotatable bonds is 3. The van der Waals surface area contributed by atoms with E-state index in [1.807, 2.05) is 6.07 Å². The molecule has 0 spiro atoms. The molecule has 13 heavy (non-hydrogen) atoms. The molecule has 0 aliphatic heterocycles. The molecule has 1 heterocycles. The SMILES string of the molecule is N#Cc1ccnc(C(=O)CC=O)c1. The summed E-state index contributed by atoms with van der Waals surface area (Å²) >= 11 is 0. The van der Waals surface area contributed by atoms with E-state index in [4.69, 9.17) is 5.26 Å². The fourth-order valence-corrected chi connectivity index (χ4v) is 0.833. The van der Waals surface area contributed by atoms with Crippen LogP contribution in [0, 0.1) is 11.3 Å². The van der Waals surface area contributed by atoms with E-state index in [1.54, 1.807) is 0 Å². The van der Waals surface area contributed by atoms with E-state index in [0.717, 1.165) is 0 Å². The summed E-state index contributed by atoms with van der Waals surface area (Å²) in [7, 11) is 0. The minimum Gasteiger partial charge on any atom is -0.303 e. The zero-order valence-corrected chi connectivity index (χ0v) is 6.73. The second-order valence-electron chi connectivity index (χ2n) is 2.34. The third-order valence-electron chi connectivity index (χ3n) is 1.44. The van der Waals surface area contributed by atoms with Gasteiger partial charge in [0.05, 0.1) is 18.1 Å². The van der Waals surface area contributed by atoms with Crippen molar-refractivity contribution in [2.45, 2.75) is 6.42 Å². The Bertz CT molecular complexity index is 379. The average Bonchev–Trinajstić information content (AvgIpc) is 2.18. The Balaban J connectivity index is 2.96. The van der Waals surface area contributed by atoms with E-state index < -0.39 is 0 Å². The maximum absolute atomic E-state index is 11.1. The number of hydrogen-bond acceptors (Lipinski definition) is 4. The lowest BCUT2D eigenvalue weighted by atomic mass is 10.1. The molecule has 0 radical (unpaired) electrons. The molecule has 64 valence electrons. The van der Waals surface area contributed by atoms with Gasteiger partial charge in [0.1, 0.15) is 12.0 Å².